The highest BCUT2D eigenvalue weighted by Crippen LogP contribution is 2.15. The van der Waals surface area contributed by atoms with Gasteiger partial charge in [-0.3, -0.25) is 0 Å². The van der Waals surface area contributed by atoms with Crippen molar-refractivity contribution in [3.8, 4) is 0 Å². The van der Waals surface area contributed by atoms with E-state index in [1.54, 1.807) is 0 Å². The summed E-state index contributed by atoms with van der Waals surface area (Å²) in [5.74, 6) is 0. The van der Waals surface area contributed by atoms with Gasteiger partial charge in [-0.15, -0.1) is 0 Å². The third-order valence-electron chi connectivity index (χ3n) is 8.40. The third kappa shape index (κ3) is 34.1. The van der Waals surface area contributed by atoms with E-state index in [0.29, 0.717) is 0 Å². The van der Waals surface area contributed by atoms with Crippen LogP contribution in [0.1, 0.15) is 213 Å². The molecule has 0 aromatic carbocycles. The minimum atomic E-state index is 0.0360. The molecule has 0 aromatic rings. The average molecular weight is 551 g/mol. The van der Waals surface area contributed by atoms with Gasteiger partial charge in [-0.25, -0.2) is 0 Å². The summed E-state index contributed by atoms with van der Waals surface area (Å²) >= 11 is 0. The molecular formula is C36H75BO2. The standard InChI is InChI=1S/C36H75BO2/c1-4-7-10-12-14-16-18-20-22-24-26-28-30-32-35-38-37(34-9-6-3)39-36-33-31-29-27-25-23-21-19-17-15-13-11-8-5-2/h4-36H2,1-3H3. The van der Waals surface area contributed by atoms with E-state index in [4.69, 9.17) is 9.31 Å². The van der Waals surface area contributed by atoms with Crippen LogP contribution in [0.15, 0.2) is 0 Å². The molecule has 0 amide bonds. The van der Waals surface area contributed by atoms with Crippen molar-refractivity contribution < 1.29 is 9.31 Å². The maximum Gasteiger partial charge on any atom is 0.456 e. The van der Waals surface area contributed by atoms with Crippen molar-refractivity contribution >= 4 is 7.12 Å². The second-order valence-corrected chi connectivity index (χ2v) is 12.5. The summed E-state index contributed by atoms with van der Waals surface area (Å²) in [4.78, 5) is 0. The van der Waals surface area contributed by atoms with Gasteiger partial charge in [-0.2, -0.15) is 0 Å². The van der Waals surface area contributed by atoms with Crippen LogP contribution >= 0.6 is 0 Å². The Labute approximate surface area is 249 Å². The van der Waals surface area contributed by atoms with E-state index in [9.17, 15) is 0 Å². The first kappa shape index (κ1) is 39.0. The van der Waals surface area contributed by atoms with Crippen LogP contribution in [0.25, 0.3) is 0 Å². The van der Waals surface area contributed by atoms with Crippen molar-refractivity contribution in [1.82, 2.24) is 0 Å². The summed E-state index contributed by atoms with van der Waals surface area (Å²) in [6.45, 7) is 8.62. The lowest BCUT2D eigenvalue weighted by Gasteiger charge is -2.15. The van der Waals surface area contributed by atoms with Crippen molar-refractivity contribution in [3.05, 3.63) is 0 Å². The van der Waals surface area contributed by atoms with E-state index in [1.807, 2.05) is 0 Å². The molecule has 0 spiro atoms. The summed E-state index contributed by atoms with van der Waals surface area (Å²) in [5, 5.41) is 0. The molecule has 0 aliphatic heterocycles. The highest BCUT2D eigenvalue weighted by molar-refractivity contribution is 6.44. The molecule has 3 heteroatoms. The molecule has 0 aromatic heterocycles. The summed E-state index contributed by atoms with van der Waals surface area (Å²) in [6.07, 6.45) is 42.9. The van der Waals surface area contributed by atoms with Crippen LogP contribution in [0.3, 0.4) is 0 Å². The first-order valence-electron chi connectivity index (χ1n) is 18.6. The van der Waals surface area contributed by atoms with Gasteiger partial charge in [0.1, 0.15) is 0 Å². The van der Waals surface area contributed by atoms with Gasteiger partial charge < -0.3 is 9.31 Å². The van der Waals surface area contributed by atoms with Crippen molar-refractivity contribution in [2.24, 2.45) is 0 Å². The molecule has 0 unspecified atom stereocenters. The molecule has 0 aliphatic rings. The highest BCUT2D eigenvalue weighted by Gasteiger charge is 2.16. The molecule has 0 N–H and O–H groups in total. The second-order valence-electron chi connectivity index (χ2n) is 12.5. The number of hydrogen-bond acceptors (Lipinski definition) is 2. The number of hydrogen-bond donors (Lipinski definition) is 0. The summed E-state index contributed by atoms with van der Waals surface area (Å²) in [7, 11) is 0.0360. The Bertz CT molecular complexity index is 383. The average Bonchev–Trinajstić information content (AvgIpc) is 2.95. The lowest BCUT2D eigenvalue weighted by molar-refractivity contribution is 0.188. The Balaban J connectivity index is 3.45. The van der Waals surface area contributed by atoms with E-state index in [-0.39, 0.29) is 7.12 Å². The third-order valence-corrected chi connectivity index (χ3v) is 8.40. The van der Waals surface area contributed by atoms with E-state index in [2.05, 4.69) is 20.8 Å². The molecule has 0 aliphatic carbocycles. The summed E-state index contributed by atoms with van der Waals surface area (Å²) < 4.78 is 12.3. The number of rotatable bonds is 35. The zero-order chi connectivity index (χ0) is 28.3. The van der Waals surface area contributed by atoms with Crippen LogP contribution in [0.5, 0.6) is 0 Å². The van der Waals surface area contributed by atoms with Gasteiger partial charge in [-0.1, -0.05) is 201 Å². The molecule has 0 saturated heterocycles. The Kier molecular flexibility index (Phi) is 36.0. The molecule has 0 radical (unpaired) electrons. The Hall–Kier alpha value is -0.0151. The minimum absolute atomic E-state index is 0.0360. The smallest absolute Gasteiger partial charge is 0.411 e. The van der Waals surface area contributed by atoms with Crippen LogP contribution in [0.2, 0.25) is 6.32 Å². The maximum absolute atomic E-state index is 6.15. The van der Waals surface area contributed by atoms with Crippen molar-refractivity contribution in [2.75, 3.05) is 13.2 Å². The van der Waals surface area contributed by atoms with E-state index in [0.717, 1.165) is 19.5 Å². The van der Waals surface area contributed by atoms with Crippen LogP contribution < -0.4 is 0 Å². The Morgan fingerprint density at radius 1 is 0.282 bits per heavy atom. The molecule has 2 nitrogen and oxygen atoms in total. The fourth-order valence-corrected chi connectivity index (χ4v) is 5.61. The molecule has 0 saturated carbocycles. The van der Waals surface area contributed by atoms with Gasteiger partial charge in [0.2, 0.25) is 0 Å². The van der Waals surface area contributed by atoms with Gasteiger partial charge in [0.25, 0.3) is 0 Å². The molecule has 0 heterocycles. The predicted octanol–water partition coefficient (Wildman–Crippen LogP) is 13.3. The van der Waals surface area contributed by atoms with Gasteiger partial charge in [0, 0.05) is 13.2 Å². The topological polar surface area (TPSA) is 18.5 Å². The molecular weight excluding hydrogens is 475 g/mol. The zero-order valence-electron chi connectivity index (χ0n) is 27.7. The molecule has 0 fully saturated rings. The summed E-state index contributed by atoms with van der Waals surface area (Å²) in [5.41, 5.74) is 0. The predicted molar refractivity (Wildman–Crippen MR) is 178 cm³/mol. The fourth-order valence-electron chi connectivity index (χ4n) is 5.61. The molecule has 0 rings (SSSR count). The lowest BCUT2D eigenvalue weighted by Crippen LogP contribution is -2.24. The van der Waals surface area contributed by atoms with E-state index >= 15 is 0 Å². The fraction of sp³-hybridized carbons (Fsp3) is 1.00. The Morgan fingerprint density at radius 3 is 0.769 bits per heavy atom. The van der Waals surface area contributed by atoms with Crippen molar-refractivity contribution in [1.29, 1.82) is 0 Å². The minimum Gasteiger partial charge on any atom is -0.411 e. The van der Waals surface area contributed by atoms with Crippen LogP contribution in [0.4, 0.5) is 0 Å². The first-order valence-corrected chi connectivity index (χ1v) is 18.6. The van der Waals surface area contributed by atoms with Gasteiger partial charge >= 0.3 is 7.12 Å². The van der Waals surface area contributed by atoms with Gasteiger partial charge in [0.05, 0.1) is 0 Å². The van der Waals surface area contributed by atoms with Crippen molar-refractivity contribution in [2.45, 2.75) is 220 Å². The monoisotopic (exact) mass is 551 g/mol. The van der Waals surface area contributed by atoms with Crippen LogP contribution in [0, 0.1) is 0 Å². The number of unbranched alkanes of at least 4 members (excludes halogenated alkanes) is 27. The zero-order valence-corrected chi connectivity index (χ0v) is 27.7. The van der Waals surface area contributed by atoms with Crippen LogP contribution in [-0.2, 0) is 9.31 Å². The SMILES string of the molecule is CCCCCCCCCCCCCCCCOB(CCCC)OCCCCCCCCCCCCCCCC. The van der Waals surface area contributed by atoms with Gasteiger partial charge in [0.15, 0.2) is 0 Å². The Morgan fingerprint density at radius 2 is 0.513 bits per heavy atom. The lowest BCUT2D eigenvalue weighted by atomic mass is 9.82. The van der Waals surface area contributed by atoms with Crippen molar-refractivity contribution in [3.63, 3.8) is 0 Å². The largest absolute Gasteiger partial charge is 0.456 e. The molecule has 0 bridgehead atoms. The van der Waals surface area contributed by atoms with E-state index in [1.165, 1.54) is 193 Å². The van der Waals surface area contributed by atoms with Crippen LogP contribution in [-0.4, -0.2) is 20.3 Å². The molecule has 234 valence electrons. The second kappa shape index (κ2) is 36.0. The first-order chi connectivity index (χ1) is 19.3. The van der Waals surface area contributed by atoms with E-state index < -0.39 is 0 Å². The quantitative estimate of drug-likeness (QED) is 0.0577. The highest BCUT2D eigenvalue weighted by atomic mass is 16.6. The maximum atomic E-state index is 6.15. The normalized spacial score (nSPS) is 11.5. The molecule has 39 heavy (non-hydrogen) atoms. The summed E-state index contributed by atoms with van der Waals surface area (Å²) in [6, 6.07) is 0. The molecule has 0 atom stereocenters. The van der Waals surface area contributed by atoms with Gasteiger partial charge in [-0.05, 0) is 19.2 Å².